The largest absolute Gasteiger partial charge is 0.412 e. The molecule has 0 aromatic carbocycles. The Kier molecular flexibility index (Phi) is 25.9. The first-order chi connectivity index (χ1) is 6.26. The quantitative estimate of drug-likeness (QED) is 0.720. The SMILES string of the molecule is CCCN(CCC)CCC.CCO.O. The topological polar surface area (TPSA) is 55.0 Å². The monoisotopic (exact) mass is 207 g/mol. The van der Waals surface area contributed by atoms with Crippen LogP contribution in [0.5, 0.6) is 0 Å². The van der Waals surface area contributed by atoms with Gasteiger partial charge in [-0.15, -0.1) is 0 Å². The maximum absolute atomic E-state index is 7.57. The van der Waals surface area contributed by atoms with Crippen molar-refractivity contribution in [3.05, 3.63) is 0 Å². The van der Waals surface area contributed by atoms with Crippen LogP contribution < -0.4 is 0 Å². The van der Waals surface area contributed by atoms with E-state index in [-0.39, 0.29) is 12.1 Å². The van der Waals surface area contributed by atoms with Crippen molar-refractivity contribution in [2.24, 2.45) is 0 Å². The number of aliphatic hydroxyl groups excluding tert-OH is 1. The third-order valence-corrected chi connectivity index (χ3v) is 1.62. The van der Waals surface area contributed by atoms with Crippen molar-refractivity contribution in [2.75, 3.05) is 26.2 Å². The lowest BCUT2D eigenvalue weighted by molar-refractivity contribution is 0.275. The number of nitrogens with zero attached hydrogens (tertiary/aromatic N) is 1. The summed E-state index contributed by atoms with van der Waals surface area (Å²) in [5.41, 5.74) is 0. The summed E-state index contributed by atoms with van der Waals surface area (Å²) < 4.78 is 0. The van der Waals surface area contributed by atoms with Crippen LogP contribution in [-0.4, -0.2) is 41.7 Å². The van der Waals surface area contributed by atoms with Crippen LogP contribution in [0, 0.1) is 0 Å². The van der Waals surface area contributed by atoms with Crippen LogP contribution in [-0.2, 0) is 0 Å². The van der Waals surface area contributed by atoms with Crippen LogP contribution in [0.2, 0.25) is 0 Å². The van der Waals surface area contributed by atoms with Gasteiger partial charge < -0.3 is 15.5 Å². The summed E-state index contributed by atoms with van der Waals surface area (Å²) in [7, 11) is 0. The number of aliphatic hydroxyl groups is 1. The van der Waals surface area contributed by atoms with Crippen LogP contribution in [0.25, 0.3) is 0 Å². The molecule has 0 fully saturated rings. The molecule has 3 N–H and O–H groups in total. The first-order valence-corrected chi connectivity index (χ1v) is 5.59. The van der Waals surface area contributed by atoms with E-state index in [4.69, 9.17) is 5.11 Å². The van der Waals surface area contributed by atoms with Crippen LogP contribution in [0.1, 0.15) is 47.0 Å². The smallest absolute Gasteiger partial charge is 0.0402 e. The van der Waals surface area contributed by atoms with Gasteiger partial charge in [-0.1, -0.05) is 20.8 Å². The summed E-state index contributed by atoms with van der Waals surface area (Å²) >= 11 is 0. The molecule has 90 valence electrons. The minimum absolute atomic E-state index is 0. The zero-order valence-electron chi connectivity index (χ0n) is 10.3. The molecule has 0 aliphatic rings. The van der Waals surface area contributed by atoms with E-state index in [2.05, 4.69) is 25.7 Å². The van der Waals surface area contributed by atoms with Gasteiger partial charge in [-0.3, -0.25) is 0 Å². The van der Waals surface area contributed by atoms with Gasteiger partial charge in [0.1, 0.15) is 0 Å². The fourth-order valence-electron chi connectivity index (χ4n) is 1.28. The van der Waals surface area contributed by atoms with Crippen LogP contribution >= 0.6 is 0 Å². The molecule has 14 heavy (non-hydrogen) atoms. The Balaban J connectivity index is -0.000000267. The molecule has 0 unspecified atom stereocenters. The Bertz CT molecular complexity index is 65.4. The average molecular weight is 207 g/mol. The lowest BCUT2D eigenvalue weighted by Gasteiger charge is -2.19. The zero-order valence-corrected chi connectivity index (χ0v) is 10.3. The second-order valence-corrected chi connectivity index (χ2v) is 3.16. The van der Waals surface area contributed by atoms with Crippen molar-refractivity contribution in [1.29, 1.82) is 0 Å². The molecule has 0 bridgehead atoms. The predicted octanol–water partition coefficient (Wildman–Crippen LogP) is 1.69. The zero-order chi connectivity index (χ0) is 10.5. The Morgan fingerprint density at radius 3 is 1.14 bits per heavy atom. The summed E-state index contributed by atoms with van der Waals surface area (Å²) in [5.74, 6) is 0. The molecule has 0 rings (SSSR count). The highest BCUT2D eigenvalue weighted by atomic mass is 16.2. The van der Waals surface area contributed by atoms with E-state index in [0.29, 0.717) is 0 Å². The lowest BCUT2D eigenvalue weighted by atomic mass is 10.3. The minimum atomic E-state index is 0. The molecule has 0 radical (unpaired) electrons. The second kappa shape index (κ2) is 18.6. The third-order valence-electron chi connectivity index (χ3n) is 1.62. The van der Waals surface area contributed by atoms with Crippen molar-refractivity contribution in [3.63, 3.8) is 0 Å². The average Bonchev–Trinajstić information content (AvgIpc) is 2.07. The summed E-state index contributed by atoms with van der Waals surface area (Å²) in [6.07, 6.45) is 3.88. The van der Waals surface area contributed by atoms with Gasteiger partial charge >= 0.3 is 0 Å². The van der Waals surface area contributed by atoms with Gasteiger partial charge in [-0.25, -0.2) is 0 Å². The molecule has 0 saturated carbocycles. The van der Waals surface area contributed by atoms with Crippen LogP contribution in [0.15, 0.2) is 0 Å². The third kappa shape index (κ3) is 17.8. The highest BCUT2D eigenvalue weighted by molar-refractivity contribution is 4.53. The molecule has 0 aliphatic carbocycles. The van der Waals surface area contributed by atoms with Crippen molar-refractivity contribution in [2.45, 2.75) is 47.0 Å². The highest BCUT2D eigenvalue weighted by Gasteiger charge is 1.98. The van der Waals surface area contributed by atoms with Gasteiger partial charge in [0.2, 0.25) is 0 Å². The molecule has 0 amide bonds. The lowest BCUT2D eigenvalue weighted by Crippen LogP contribution is -2.25. The van der Waals surface area contributed by atoms with E-state index >= 15 is 0 Å². The van der Waals surface area contributed by atoms with E-state index < -0.39 is 0 Å². The summed E-state index contributed by atoms with van der Waals surface area (Å²) in [6, 6.07) is 0. The number of hydrogen-bond donors (Lipinski definition) is 1. The van der Waals surface area contributed by atoms with E-state index in [0.717, 1.165) is 0 Å². The van der Waals surface area contributed by atoms with Gasteiger partial charge in [0, 0.05) is 6.61 Å². The first kappa shape index (κ1) is 19.5. The Hall–Kier alpha value is -0.120. The molecule has 0 atom stereocenters. The molecular weight excluding hydrogens is 178 g/mol. The fraction of sp³-hybridized carbons (Fsp3) is 1.00. The Morgan fingerprint density at radius 2 is 1.00 bits per heavy atom. The summed E-state index contributed by atoms with van der Waals surface area (Å²) in [5, 5.41) is 7.57. The van der Waals surface area contributed by atoms with Crippen molar-refractivity contribution >= 4 is 0 Å². The summed E-state index contributed by atoms with van der Waals surface area (Å²) in [6.45, 7) is 12.5. The van der Waals surface area contributed by atoms with Gasteiger partial charge in [-0.2, -0.15) is 0 Å². The first-order valence-electron chi connectivity index (χ1n) is 5.59. The normalized spacial score (nSPS) is 9.00. The molecule has 3 nitrogen and oxygen atoms in total. The maximum Gasteiger partial charge on any atom is 0.0402 e. The van der Waals surface area contributed by atoms with E-state index in [9.17, 15) is 0 Å². The van der Waals surface area contributed by atoms with E-state index in [1.54, 1.807) is 6.92 Å². The number of rotatable bonds is 6. The molecule has 3 heteroatoms. The second-order valence-electron chi connectivity index (χ2n) is 3.16. The van der Waals surface area contributed by atoms with E-state index in [1.165, 1.54) is 38.9 Å². The van der Waals surface area contributed by atoms with Crippen molar-refractivity contribution in [1.82, 2.24) is 4.90 Å². The van der Waals surface area contributed by atoms with Gasteiger partial charge in [-0.05, 0) is 45.8 Å². The Morgan fingerprint density at radius 1 is 0.786 bits per heavy atom. The molecule has 0 spiro atoms. The predicted molar refractivity (Wildman–Crippen MR) is 63.7 cm³/mol. The van der Waals surface area contributed by atoms with Crippen LogP contribution in [0.4, 0.5) is 0 Å². The summed E-state index contributed by atoms with van der Waals surface area (Å²) in [4.78, 5) is 2.54. The minimum Gasteiger partial charge on any atom is -0.412 e. The Labute approximate surface area is 89.4 Å². The molecule has 0 aromatic heterocycles. The fourth-order valence-corrected chi connectivity index (χ4v) is 1.28. The van der Waals surface area contributed by atoms with Gasteiger partial charge in [0.05, 0.1) is 0 Å². The molecule has 0 aliphatic heterocycles. The maximum atomic E-state index is 7.57. The van der Waals surface area contributed by atoms with Gasteiger partial charge in [0.25, 0.3) is 0 Å². The van der Waals surface area contributed by atoms with Crippen LogP contribution in [0.3, 0.4) is 0 Å². The van der Waals surface area contributed by atoms with Crippen molar-refractivity contribution < 1.29 is 10.6 Å². The van der Waals surface area contributed by atoms with Gasteiger partial charge in [0.15, 0.2) is 0 Å². The van der Waals surface area contributed by atoms with E-state index in [1.807, 2.05) is 0 Å². The standard InChI is InChI=1S/C9H21N.C2H6O.H2O/c1-4-7-10(8-5-2)9-6-3;1-2-3;/h4-9H2,1-3H3;3H,2H2,1H3;1H2. The number of hydrogen-bond acceptors (Lipinski definition) is 2. The van der Waals surface area contributed by atoms with Crippen molar-refractivity contribution in [3.8, 4) is 0 Å². The molecular formula is C11H29NO2. The highest BCUT2D eigenvalue weighted by Crippen LogP contribution is 1.94. The molecule has 0 aromatic rings. The molecule has 0 saturated heterocycles. The molecule has 0 heterocycles.